The van der Waals surface area contributed by atoms with Crippen LogP contribution < -0.4 is 10.6 Å². The third-order valence-electron chi connectivity index (χ3n) is 4.93. The number of halogens is 4. The molecule has 3 rings (SSSR count). The van der Waals surface area contributed by atoms with Crippen LogP contribution in [0.1, 0.15) is 31.4 Å². The van der Waals surface area contributed by atoms with E-state index in [1.54, 1.807) is 30.9 Å². The number of alkyl halides is 3. The highest BCUT2D eigenvalue weighted by Crippen LogP contribution is 2.39. The zero-order valence-electron chi connectivity index (χ0n) is 15.4. The Hall–Kier alpha value is -2.57. The van der Waals surface area contributed by atoms with Crippen LogP contribution in [0.25, 0.3) is 0 Å². The van der Waals surface area contributed by atoms with Crippen molar-refractivity contribution in [2.75, 3.05) is 4.90 Å². The molecule has 1 fully saturated rings. The normalized spacial score (nSPS) is 21.8. The summed E-state index contributed by atoms with van der Waals surface area (Å²) in [5.74, 6) is -0.479. The Morgan fingerprint density at radius 1 is 1.38 bits per heavy atom. The highest BCUT2D eigenvalue weighted by Gasteiger charge is 2.52. The van der Waals surface area contributed by atoms with Gasteiger partial charge in [-0.1, -0.05) is 17.7 Å². The molecule has 1 aromatic rings. The molecular weight excluding hydrogens is 425 g/mol. The standard InChI is InChI=1S/C19H16ClF3N4OS/c1-18(2)16(28)26(11-4-3-10(9-24)13(7-11)19(21,22)23)17(29)27(18)12-5-6-14(20)15(25)8-12/h3-4,6-8,12H,5,25H2,1-2H3. The second-order valence-electron chi connectivity index (χ2n) is 7.17. The van der Waals surface area contributed by atoms with Crippen LogP contribution in [-0.2, 0) is 11.0 Å². The van der Waals surface area contributed by atoms with Crippen molar-refractivity contribution in [1.82, 2.24) is 4.90 Å². The van der Waals surface area contributed by atoms with Gasteiger partial charge >= 0.3 is 6.18 Å². The topological polar surface area (TPSA) is 73.4 Å². The van der Waals surface area contributed by atoms with Crippen molar-refractivity contribution in [2.45, 2.75) is 38.0 Å². The van der Waals surface area contributed by atoms with Crippen LogP contribution in [0.2, 0.25) is 0 Å². The van der Waals surface area contributed by atoms with Crippen LogP contribution in [0.15, 0.2) is 41.1 Å². The van der Waals surface area contributed by atoms with Gasteiger partial charge < -0.3 is 10.6 Å². The number of nitrogens with zero attached hydrogens (tertiary/aromatic N) is 3. The van der Waals surface area contributed by atoms with Crippen LogP contribution in [0.4, 0.5) is 18.9 Å². The lowest BCUT2D eigenvalue weighted by molar-refractivity contribution is -0.137. The average molecular weight is 441 g/mol. The van der Waals surface area contributed by atoms with Gasteiger partial charge in [0.2, 0.25) is 0 Å². The lowest BCUT2D eigenvalue weighted by Crippen LogP contribution is -2.49. The fraction of sp³-hybridized carbons (Fsp3) is 0.316. The van der Waals surface area contributed by atoms with Crippen LogP contribution in [0.3, 0.4) is 0 Å². The Kier molecular flexibility index (Phi) is 5.13. The average Bonchev–Trinajstić information content (AvgIpc) is 2.81. The molecule has 0 spiro atoms. The van der Waals surface area contributed by atoms with Gasteiger partial charge in [-0.15, -0.1) is 0 Å². The maximum Gasteiger partial charge on any atom is 0.417 e. The first-order valence-electron chi connectivity index (χ1n) is 8.52. The lowest BCUT2D eigenvalue weighted by Gasteiger charge is -2.36. The minimum absolute atomic E-state index is 0.0526. The first-order valence-corrected chi connectivity index (χ1v) is 9.30. The second-order valence-corrected chi connectivity index (χ2v) is 7.94. The van der Waals surface area contributed by atoms with E-state index in [-0.39, 0.29) is 16.8 Å². The van der Waals surface area contributed by atoms with E-state index in [9.17, 15) is 18.0 Å². The number of carbonyl (C=O) groups excluding carboxylic acids is 1. The summed E-state index contributed by atoms with van der Waals surface area (Å²) in [5, 5.41) is 9.44. The number of benzene rings is 1. The highest BCUT2D eigenvalue weighted by atomic mass is 35.5. The van der Waals surface area contributed by atoms with Crippen molar-refractivity contribution in [2.24, 2.45) is 5.73 Å². The lowest BCUT2D eigenvalue weighted by atomic mass is 9.97. The van der Waals surface area contributed by atoms with Crippen molar-refractivity contribution in [3.05, 3.63) is 52.2 Å². The molecule has 29 heavy (non-hydrogen) atoms. The minimum Gasteiger partial charge on any atom is -0.398 e. The van der Waals surface area contributed by atoms with Gasteiger partial charge in [0.05, 0.1) is 34.0 Å². The SMILES string of the molecule is CC1(C)C(=O)N(c2ccc(C#N)c(C(F)(F)F)c2)C(=S)N1C1C=C(N)C(Cl)=CC1. The summed E-state index contributed by atoms with van der Waals surface area (Å²) < 4.78 is 40.1. The second kappa shape index (κ2) is 7.04. The van der Waals surface area contributed by atoms with E-state index >= 15 is 0 Å². The van der Waals surface area contributed by atoms with E-state index in [2.05, 4.69) is 0 Å². The molecule has 1 heterocycles. The number of hydrogen-bond acceptors (Lipinski definition) is 4. The molecule has 10 heteroatoms. The fourth-order valence-electron chi connectivity index (χ4n) is 3.47. The summed E-state index contributed by atoms with van der Waals surface area (Å²) >= 11 is 11.5. The maximum absolute atomic E-state index is 13.4. The van der Waals surface area contributed by atoms with Crippen LogP contribution in [0.5, 0.6) is 0 Å². The molecule has 0 aromatic heterocycles. The van der Waals surface area contributed by atoms with Crippen LogP contribution in [-0.4, -0.2) is 27.5 Å². The maximum atomic E-state index is 13.4. The largest absolute Gasteiger partial charge is 0.417 e. The van der Waals surface area contributed by atoms with Crippen molar-refractivity contribution in [1.29, 1.82) is 5.26 Å². The Bertz CT molecular complexity index is 1010. The van der Waals surface area contributed by atoms with Crippen molar-refractivity contribution in [3.63, 3.8) is 0 Å². The molecular formula is C19H16ClF3N4OS. The van der Waals surface area contributed by atoms with Gasteiger partial charge in [0, 0.05) is 5.70 Å². The monoisotopic (exact) mass is 440 g/mol. The van der Waals surface area contributed by atoms with E-state index in [4.69, 9.17) is 34.8 Å². The van der Waals surface area contributed by atoms with E-state index in [1.807, 2.05) is 0 Å². The number of rotatable bonds is 2. The van der Waals surface area contributed by atoms with Gasteiger partial charge in [-0.25, -0.2) is 0 Å². The van der Waals surface area contributed by atoms with Gasteiger partial charge in [-0.3, -0.25) is 9.69 Å². The van der Waals surface area contributed by atoms with Crippen molar-refractivity contribution in [3.8, 4) is 6.07 Å². The zero-order chi connectivity index (χ0) is 21.7. The molecule has 1 amide bonds. The van der Waals surface area contributed by atoms with Gasteiger partial charge in [-0.2, -0.15) is 18.4 Å². The number of carbonyl (C=O) groups is 1. The molecule has 1 unspecified atom stereocenters. The summed E-state index contributed by atoms with van der Waals surface area (Å²) in [6.07, 6.45) is -0.932. The molecule has 1 aliphatic heterocycles. The highest BCUT2D eigenvalue weighted by molar-refractivity contribution is 7.80. The molecule has 1 saturated heterocycles. The Balaban J connectivity index is 2.06. The number of anilines is 1. The van der Waals surface area contributed by atoms with E-state index < -0.39 is 28.7 Å². The summed E-state index contributed by atoms with van der Waals surface area (Å²) in [5.41, 5.74) is 3.40. The van der Waals surface area contributed by atoms with Gasteiger partial charge in [0.1, 0.15) is 5.54 Å². The minimum atomic E-state index is -4.75. The van der Waals surface area contributed by atoms with Crippen LogP contribution >= 0.6 is 23.8 Å². The quantitative estimate of drug-likeness (QED) is 0.703. The van der Waals surface area contributed by atoms with Crippen molar-refractivity contribution < 1.29 is 18.0 Å². The molecule has 1 atom stereocenters. The molecule has 2 aliphatic rings. The Labute approximate surface area is 175 Å². The van der Waals surface area contributed by atoms with E-state index in [0.29, 0.717) is 17.2 Å². The van der Waals surface area contributed by atoms with Crippen molar-refractivity contribution >= 4 is 40.5 Å². The zero-order valence-corrected chi connectivity index (χ0v) is 17.0. The molecule has 1 aromatic carbocycles. The number of nitriles is 1. The first kappa shape index (κ1) is 21.1. The Morgan fingerprint density at radius 3 is 2.59 bits per heavy atom. The summed E-state index contributed by atoms with van der Waals surface area (Å²) in [4.78, 5) is 15.8. The molecule has 152 valence electrons. The number of allylic oxidation sites excluding steroid dienone is 1. The predicted molar refractivity (Wildman–Crippen MR) is 107 cm³/mol. The summed E-state index contributed by atoms with van der Waals surface area (Å²) in [6.45, 7) is 3.28. The molecule has 5 nitrogen and oxygen atoms in total. The molecule has 0 saturated carbocycles. The molecule has 2 N–H and O–H groups in total. The fourth-order valence-corrected chi connectivity index (χ4v) is 4.18. The third kappa shape index (κ3) is 3.47. The molecule has 0 bridgehead atoms. The van der Waals surface area contributed by atoms with Crippen LogP contribution in [0, 0.1) is 11.3 Å². The number of amides is 1. The number of thiocarbonyl (C=S) groups is 1. The molecule has 1 aliphatic carbocycles. The predicted octanol–water partition coefficient (Wildman–Crippen LogP) is 4.03. The van der Waals surface area contributed by atoms with E-state index in [1.165, 1.54) is 12.1 Å². The van der Waals surface area contributed by atoms with Gasteiger partial charge in [-0.05, 0) is 56.8 Å². The van der Waals surface area contributed by atoms with E-state index in [0.717, 1.165) is 17.0 Å². The van der Waals surface area contributed by atoms with Gasteiger partial charge in [0.15, 0.2) is 5.11 Å². The summed E-state index contributed by atoms with van der Waals surface area (Å²) in [7, 11) is 0. The summed E-state index contributed by atoms with van der Waals surface area (Å²) in [6, 6.07) is 4.22. The van der Waals surface area contributed by atoms with Gasteiger partial charge in [0.25, 0.3) is 5.91 Å². The number of nitrogens with two attached hydrogens (primary N) is 1. The molecule has 0 radical (unpaired) electrons. The Morgan fingerprint density at radius 2 is 2.03 bits per heavy atom. The first-order chi connectivity index (χ1) is 13.4. The smallest absolute Gasteiger partial charge is 0.398 e. The number of hydrogen-bond donors (Lipinski definition) is 1. The third-order valence-corrected chi connectivity index (χ3v) is 5.68.